The Morgan fingerprint density at radius 1 is 1.29 bits per heavy atom. The molecule has 2 N–H and O–H groups in total. The van der Waals surface area contributed by atoms with E-state index in [0.717, 1.165) is 0 Å². The zero-order chi connectivity index (χ0) is 3.58. The Morgan fingerprint density at radius 2 is 1.29 bits per heavy atom. The van der Waals surface area contributed by atoms with Crippen molar-refractivity contribution in [2.24, 2.45) is 0 Å². The van der Waals surface area contributed by atoms with Crippen LogP contribution in [0.5, 0.6) is 0 Å². The summed E-state index contributed by atoms with van der Waals surface area (Å²) in [6.07, 6.45) is 0. The van der Waals surface area contributed by atoms with Gasteiger partial charge < -0.3 is 9.59 Å². The van der Waals surface area contributed by atoms with Crippen LogP contribution >= 0.6 is 0 Å². The number of rotatable bonds is 0. The summed E-state index contributed by atoms with van der Waals surface area (Å²) >= 11 is 0. The molecule has 0 spiro atoms. The van der Waals surface area contributed by atoms with Crippen molar-refractivity contribution < 1.29 is 14.1 Å². The number of hydrogen-bond donors (Lipinski definition) is 2. The molecule has 0 bridgehead atoms. The molecule has 0 fully saturated rings. The topological polar surface area (TPSA) is 57.5 Å². The summed E-state index contributed by atoms with van der Waals surface area (Å²) in [5, 5.41) is 0. The van der Waals surface area contributed by atoms with E-state index >= 15 is 0 Å². The normalized spacial score (nSPS) is 3.43. The van der Waals surface area contributed by atoms with Crippen LogP contribution in [0.1, 0.15) is 0 Å². The molecule has 0 atom stereocenters. The molecule has 0 aromatic rings. The molecule has 0 rings (SSSR count). The fraction of sp³-hybridized carbons (Fsp3) is 0. The van der Waals surface area contributed by atoms with Gasteiger partial charge in [0.15, 0.2) is 17.4 Å². The first kappa shape index (κ1) is 22.5. The van der Waals surface area contributed by atoms with Crippen LogP contribution in [0, 0.1) is 0 Å². The maximum atomic E-state index is 8.74. The van der Waals surface area contributed by atoms with E-state index in [1.54, 1.807) is 0 Å². The predicted octanol–water partition coefficient (Wildman–Crippen LogP) is -4.63. The summed E-state index contributed by atoms with van der Waals surface area (Å²) < 4.78 is 8.74. The average Bonchev–Trinajstić information content (AvgIpc) is 0.811. The Bertz CT molecular complexity index is 37.9. The van der Waals surface area contributed by atoms with Gasteiger partial charge in [-0.25, -0.2) is 0 Å². The maximum absolute atomic E-state index is 8.74. The summed E-state index contributed by atoms with van der Waals surface area (Å²) in [7, 11) is -3.13. The summed E-state index contributed by atoms with van der Waals surface area (Å²) in [6, 6.07) is 0. The van der Waals surface area contributed by atoms with Crippen LogP contribution in [0.3, 0.4) is 0 Å². The summed E-state index contributed by atoms with van der Waals surface area (Å²) in [6.45, 7) is 0. The fourth-order valence-corrected chi connectivity index (χ4v) is 0. The van der Waals surface area contributed by atoms with Gasteiger partial charge in [0.25, 0.3) is 0 Å². The van der Waals surface area contributed by atoms with E-state index in [0.29, 0.717) is 0 Å². The third kappa shape index (κ3) is 46.6. The van der Waals surface area contributed by atoms with Crippen LogP contribution in [0.2, 0.25) is 0 Å². The van der Waals surface area contributed by atoms with Crippen molar-refractivity contribution in [2.75, 3.05) is 0 Å². The van der Waals surface area contributed by atoms with Crippen molar-refractivity contribution in [1.82, 2.24) is 0 Å². The summed E-state index contributed by atoms with van der Waals surface area (Å²) in [5.41, 5.74) is 0. The van der Waals surface area contributed by atoms with Crippen LogP contribution in [0.15, 0.2) is 0 Å². The molecule has 0 heterocycles. The van der Waals surface area contributed by atoms with Crippen molar-refractivity contribution in [2.45, 2.75) is 0 Å². The van der Waals surface area contributed by atoms with Crippen LogP contribution < -0.4 is 0 Å². The van der Waals surface area contributed by atoms with Gasteiger partial charge in [-0.05, 0) is 0 Å². The second-order valence-corrected chi connectivity index (χ2v) is 0.848. The van der Waals surface area contributed by atoms with Gasteiger partial charge in [0.05, 0.1) is 0 Å². The molecule has 38 valence electrons. The zero-order valence-corrected chi connectivity index (χ0v) is 2.80. The standard InChI is InChI=1S/Al.Ba.H2O3Si.Sr.7H/c;;1-4(2)3;;;;;;;;/h;;1-2H;;;;;;;;. The molecule has 0 aliphatic carbocycles. The van der Waals surface area contributed by atoms with Crippen molar-refractivity contribution in [3.05, 3.63) is 0 Å². The van der Waals surface area contributed by atoms with E-state index in [9.17, 15) is 0 Å². The molecule has 0 amide bonds. The van der Waals surface area contributed by atoms with Crippen LogP contribution in [-0.4, -0.2) is 130 Å². The third-order valence-corrected chi connectivity index (χ3v) is 0. The zero-order valence-electron chi connectivity index (χ0n) is 1.80. The molecule has 7 heteroatoms. The predicted molar refractivity (Wildman–Crippen MR) is 37.9 cm³/mol. The van der Waals surface area contributed by atoms with Crippen molar-refractivity contribution >= 4 is 121 Å². The minimum atomic E-state index is -3.13. The third-order valence-electron chi connectivity index (χ3n) is 0. The van der Waals surface area contributed by atoms with Gasteiger partial charge in [-0.15, -0.1) is 0 Å². The van der Waals surface area contributed by atoms with Gasteiger partial charge in [-0.2, -0.15) is 0 Å². The summed E-state index contributed by atoms with van der Waals surface area (Å²) in [4.78, 5) is 14.3. The van der Waals surface area contributed by atoms with E-state index in [1.165, 1.54) is 0 Å². The molecule has 0 unspecified atom stereocenters. The van der Waals surface area contributed by atoms with Crippen LogP contribution in [0.4, 0.5) is 0 Å². The van der Waals surface area contributed by atoms with Crippen LogP contribution in [-0.2, 0) is 4.46 Å². The molecule has 0 aliphatic rings. The Balaban J connectivity index is -0.0000000150. The van der Waals surface area contributed by atoms with E-state index < -0.39 is 9.17 Å². The Labute approximate surface area is 131 Å². The first-order chi connectivity index (χ1) is 1.73. The number of hydrogen-bond acceptors (Lipinski definition) is 1. The van der Waals surface area contributed by atoms with Gasteiger partial charge in [0.1, 0.15) is 0 Å². The van der Waals surface area contributed by atoms with Gasteiger partial charge in [0.2, 0.25) is 0 Å². The van der Waals surface area contributed by atoms with Gasteiger partial charge in [-0.3, -0.25) is 4.46 Å². The first-order valence-electron chi connectivity index (χ1n) is 0.651. The first-order valence-corrected chi connectivity index (χ1v) is 1.95. The average molecular weight is 337 g/mol. The van der Waals surface area contributed by atoms with Crippen LogP contribution in [0.25, 0.3) is 0 Å². The molecule has 0 aromatic carbocycles. The summed E-state index contributed by atoms with van der Waals surface area (Å²) in [5.74, 6) is 0. The molecule has 7 heavy (non-hydrogen) atoms. The molecular formula is H9AlBaO3SiSr. The molecule has 0 saturated heterocycles. The molecular weight excluding hydrogens is 328 g/mol. The minimum absolute atomic E-state index is 0. The molecule has 0 radical (unpaired) electrons. The van der Waals surface area contributed by atoms with Crippen molar-refractivity contribution in [3.8, 4) is 0 Å². The Hall–Kier alpha value is 3.20. The fourth-order valence-electron chi connectivity index (χ4n) is 0. The van der Waals surface area contributed by atoms with E-state index in [1.807, 2.05) is 0 Å². The molecule has 0 aliphatic heterocycles. The quantitative estimate of drug-likeness (QED) is 0.438. The molecule has 0 aromatic heterocycles. The second kappa shape index (κ2) is 16.1. The van der Waals surface area contributed by atoms with Gasteiger partial charge in [0, 0.05) is 0 Å². The van der Waals surface area contributed by atoms with E-state index in [-0.39, 0.29) is 112 Å². The second-order valence-electron chi connectivity index (χ2n) is 0.283. The van der Waals surface area contributed by atoms with Gasteiger partial charge in [-0.1, -0.05) is 0 Å². The van der Waals surface area contributed by atoms with E-state index in [2.05, 4.69) is 0 Å². The SMILES string of the molecule is O=[Si](O)O.[AlH3].[BaH2].[SrH2]. The Morgan fingerprint density at radius 3 is 1.29 bits per heavy atom. The van der Waals surface area contributed by atoms with Gasteiger partial charge >= 0.3 is 104 Å². The monoisotopic (exact) mass is 338 g/mol. The Kier molecular flexibility index (Phi) is 51.6. The van der Waals surface area contributed by atoms with Crippen molar-refractivity contribution in [3.63, 3.8) is 0 Å². The molecule has 0 saturated carbocycles. The van der Waals surface area contributed by atoms with E-state index in [4.69, 9.17) is 14.1 Å². The molecule has 3 nitrogen and oxygen atoms in total. The van der Waals surface area contributed by atoms with Crippen molar-refractivity contribution in [1.29, 1.82) is 0 Å².